The van der Waals surface area contributed by atoms with Crippen LogP contribution in [0.2, 0.25) is 0 Å². The molecule has 2 aromatic carbocycles. The van der Waals surface area contributed by atoms with Gasteiger partial charge in [0, 0.05) is 6.42 Å². The number of aryl methyl sites for hydroxylation is 1. The molecule has 124 valence electrons. The van der Waals surface area contributed by atoms with Crippen LogP contribution in [0.5, 0.6) is 0 Å². The molecule has 2 atom stereocenters. The zero-order chi connectivity index (χ0) is 16.7. The molecule has 2 aliphatic carbocycles. The van der Waals surface area contributed by atoms with Crippen molar-refractivity contribution in [3.8, 4) is 0 Å². The topological polar surface area (TPSA) is 66.4 Å². The van der Waals surface area contributed by atoms with E-state index >= 15 is 0 Å². The van der Waals surface area contributed by atoms with E-state index in [9.17, 15) is 13.5 Å². The van der Waals surface area contributed by atoms with Crippen molar-refractivity contribution >= 4 is 16.1 Å². The molecule has 2 N–H and O–H groups in total. The normalized spacial score (nSPS) is 22.6. The van der Waals surface area contributed by atoms with Crippen molar-refractivity contribution in [2.24, 2.45) is 0 Å². The van der Waals surface area contributed by atoms with Gasteiger partial charge in [-0.2, -0.15) is 0 Å². The fraction of sp³-hybridized carbons (Fsp3) is 0.263. The molecule has 0 saturated heterocycles. The third kappa shape index (κ3) is 2.69. The smallest absolute Gasteiger partial charge is 0.237 e. The molecule has 24 heavy (non-hydrogen) atoms. The molecule has 4 nitrogen and oxygen atoms in total. The molecule has 0 aliphatic heterocycles. The van der Waals surface area contributed by atoms with Crippen molar-refractivity contribution in [2.75, 3.05) is 0 Å². The highest BCUT2D eigenvalue weighted by atomic mass is 32.2. The SMILES string of the molecule is O=S(=O)(N[C@@H]1c2ccccc2C[C@@H]1O)C1=Cc2ccccc2CC1. The van der Waals surface area contributed by atoms with Crippen molar-refractivity contribution in [3.63, 3.8) is 0 Å². The second kappa shape index (κ2) is 5.84. The van der Waals surface area contributed by atoms with Gasteiger partial charge in [0.05, 0.1) is 17.1 Å². The molecular formula is C19H19NO3S. The molecule has 5 heteroatoms. The maximum Gasteiger partial charge on any atom is 0.237 e. The molecule has 0 amide bonds. The number of sulfonamides is 1. The molecule has 4 rings (SSSR count). The van der Waals surface area contributed by atoms with Crippen LogP contribution < -0.4 is 4.72 Å². The first-order valence-electron chi connectivity index (χ1n) is 8.11. The van der Waals surface area contributed by atoms with Crippen LogP contribution in [-0.2, 0) is 22.9 Å². The van der Waals surface area contributed by atoms with Crippen LogP contribution in [0.3, 0.4) is 0 Å². The van der Waals surface area contributed by atoms with E-state index in [-0.39, 0.29) is 0 Å². The maximum atomic E-state index is 12.8. The number of benzene rings is 2. The van der Waals surface area contributed by atoms with Gasteiger partial charge in [-0.15, -0.1) is 0 Å². The molecule has 2 aromatic rings. The van der Waals surface area contributed by atoms with Crippen molar-refractivity contribution in [1.29, 1.82) is 0 Å². The summed E-state index contributed by atoms with van der Waals surface area (Å²) in [5, 5.41) is 10.3. The Morgan fingerprint density at radius 1 is 0.958 bits per heavy atom. The molecule has 0 spiro atoms. The third-order valence-electron chi connectivity index (χ3n) is 4.84. The molecule has 0 aromatic heterocycles. The maximum absolute atomic E-state index is 12.8. The van der Waals surface area contributed by atoms with Crippen LogP contribution in [0.25, 0.3) is 6.08 Å². The Kier molecular flexibility index (Phi) is 3.79. The van der Waals surface area contributed by atoms with E-state index in [0.29, 0.717) is 24.2 Å². The van der Waals surface area contributed by atoms with E-state index in [1.807, 2.05) is 48.5 Å². The highest BCUT2D eigenvalue weighted by molar-refractivity contribution is 7.93. The summed E-state index contributed by atoms with van der Waals surface area (Å²) in [5.74, 6) is 0. The lowest BCUT2D eigenvalue weighted by atomic mass is 9.98. The number of nitrogens with one attached hydrogen (secondary N) is 1. The Labute approximate surface area is 141 Å². The Bertz CT molecular complexity index is 918. The summed E-state index contributed by atoms with van der Waals surface area (Å²) < 4.78 is 28.3. The minimum absolute atomic E-state index is 0.387. The van der Waals surface area contributed by atoms with Crippen molar-refractivity contribution in [1.82, 2.24) is 4.72 Å². The van der Waals surface area contributed by atoms with Gasteiger partial charge in [0.25, 0.3) is 0 Å². The predicted octanol–water partition coefficient (Wildman–Crippen LogP) is 2.55. The van der Waals surface area contributed by atoms with Crippen molar-refractivity contribution < 1.29 is 13.5 Å². The van der Waals surface area contributed by atoms with Gasteiger partial charge >= 0.3 is 0 Å². The van der Waals surface area contributed by atoms with E-state index in [2.05, 4.69) is 4.72 Å². The van der Waals surface area contributed by atoms with Gasteiger partial charge in [0.15, 0.2) is 0 Å². The van der Waals surface area contributed by atoms with Gasteiger partial charge in [0.2, 0.25) is 10.0 Å². The summed E-state index contributed by atoms with van der Waals surface area (Å²) in [7, 11) is -3.63. The standard InChI is InChI=1S/C19H19NO3S/c21-18-12-15-7-3-4-8-17(15)19(18)20-24(22,23)16-10-9-13-5-1-2-6-14(13)11-16/h1-8,11,18-21H,9-10,12H2/t18-,19+/m0/s1. The van der Waals surface area contributed by atoms with E-state index in [4.69, 9.17) is 0 Å². The summed E-state index contributed by atoms with van der Waals surface area (Å²) in [6.07, 6.45) is 2.69. The summed E-state index contributed by atoms with van der Waals surface area (Å²) >= 11 is 0. The lowest BCUT2D eigenvalue weighted by molar-refractivity contribution is 0.152. The van der Waals surface area contributed by atoms with Gasteiger partial charge in [-0.05, 0) is 41.2 Å². The minimum Gasteiger partial charge on any atom is -0.391 e. The summed E-state index contributed by atoms with van der Waals surface area (Å²) in [6, 6.07) is 14.8. The lowest BCUT2D eigenvalue weighted by Crippen LogP contribution is -2.35. The van der Waals surface area contributed by atoms with Crippen LogP contribution in [0.1, 0.15) is 34.7 Å². The highest BCUT2D eigenvalue weighted by Gasteiger charge is 2.35. The summed E-state index contributed by atoms with van der Waals surface area (Å²) in [4.78, 5) is 0.387. The molecule has 0 radical (unpaired) electrons. The van der Waals surface area contributed by atoms with Gasteiger partial charge < -0.3 is 5.11 Å². The Hall–Kier alpha value is -1.95. The van der Waals surface area contributed by atoms with Gasteiger partial charge in [-0.25, -0.2) is 13.1 Å². The molecule has 0 unspecified atom stereocenters. The van der Waals surface area contributed by atoms with Gasteiger partial charge in [-0.3, -0.25) is 0 Å². The van der Waals surface area contributed by atoms with Crippen LogP contribution in [-0.4, -0.2) is 19.6 Å². The fourth-order valence-electron chi connectivity index (χ4n) is 3.58. The van der Waals surface area contributed by atoms with E-state index in [1.165, 1.54) is 5.56 Å². The second-order valence-corrected chi connectivity index (χ2v) is 8.15. The largest absolute Gasteiger partial charge is 0.391 e. The highest BCUT2D eigenvalue weighted by Crippen LogP contribution is 2.34. The summed E-state index contributed by atoms with van der Waals surface area (Å²) in [5.41, 5.74) is 3.99. The first-order chi connectivity index (χ1) is 11.5. The van der Waals surface area contributed by atoms with Crippen LogP contribution >= 0.6 is 0 Å². The molecule has 0 fully saturated rings. The number of allylic oxidation sites excluding steroid dienone is 1. The van der Waals surface area contributed by atoms with E-state index in [0.717, 1.165) is 16.7 Å². The van der Waals surface area contributed by atoms with Crippen LogP contribution in [0.4, 0.5) is 0 Å². The number of aliphatic hydroxyl groups is 1. The molecule has 2 aliphatic rings. The Balaban J connectivity index is 1.64. The van der Waals surface area contributed by atoms with Crippen LogP contribution in [0.15, 0.2) is 53.4 Å². The average Bonchev–Trinajstić information content (AvgIpc) is 2.90. The number of hydrogen-bond acceptors (Lipinski definition) is 3. The quantitative estimate of drug-likeness (QED) is 0.902. The molecular weight excluding hydrogens is 322 g/mol. The number of rotatable bonds is 3. The molecule has 0 saturated carbocycles. The number of hydrogen-bond donors (Lipinski definition) is 2. The third-order valence-corrected chi connectivity index (χ3v) is 6.42. The van der Waals surface area contributed by atoms with Gasteiger partial charge in [0.1, 0.15) is 0 Å². The molecule has 0 bridgehead atoms. The summed E-state index contributed by atoms with van der Waals surface area (Å²) in [6.45, 7) is 0. The van der Waals surface area contributed by atoms with Gasteiger partial charge in [-0.1, -0.05) is 48.5 Å². The fourth-order valence-corrected chi connectivity index (χ4v) is 5.00. The number of aliphatic hydroxyl groups excluding tert-OH is 1. The van der Waals surface area contributed by atoms with Crippen molar-refractivity contribution in [3.05, 3.63) is 75.7 Å². The average molecular weight is 341 g/mol. The monoisotopic (exact) mass is 341 g/mol. The van der Waals surface area contributed by atoms with E-state index in [1.54, 1.807) is 6.08 Å². The first-order valence-corrected chi connectivity index (χ1v) is 9.59. The zero-order valence-corrected chi connectivity index (χ0v) is 14.0. The first kappa shape index (κ1) is 15.6. The van der Waals surface area contributed by atoms with E-state index < -0.39 is 22.2 Å². The Morgan fingerprint density at radius 3 is 2.50 bits per heavy atom. The number of fused-ring (bicyclic) bond motifs is 2. The zero-order valence-electron chi connectivity index (χ0n) is 13.1. The Morgan fingerprint density at radius 2 is 1.67 bits per heavy atom. The van der Waals surface area contributed by atoms with Crippen LogP contribution in [0, 0.1) is 0 Å². The van der Waals surface area contributed by atoms with Crippen molar-refractivity contribution in [2.45, 2.75) is 31.4 Å². The predicted molar refractivity (Wildman–Crippen MR) is 93.7 cm³/mol. The molecule has 0 heterocycles. The minimum atomic E-state index is -3.63. The second-order valence-electron chi connectivity index (χ2n) is 6.38. The lowest BCUT2D eigenvalue weighted by Gasteiger charge is -2.21.